The molecule has 1 atom stereocenters. The molecule has 1 aromatic carbocycles. The van der Waals surface area contributed by atoms with Gasteiger partial charge in [0.05, 0.1) is 8.07 Å². The summed E-state index contributed by atoms with van der Waals surface area (Å²) in [6, 6.07) is 8.85. The number of benzene rings is 1. The zero-order valence-corrected chi connectivity index (χ0v) is 12.4. The molecule has 0 saturated heterocycles. The molecule has 3 rings (SSSR count). The first-order chi connectivity index (χ1) is 8.55. The van der Waals surface area contributed by atoms with Gasteiger partial charge in [0.25, 0.3) is 0 Å². The van der Waals surface area contributed by atoms with E-state index in [1.807, 2.05) is 0 Å². The first-order valence-electron chi connectivity index (χ1n) is 6.69. The summed E-state index contributed by atoms with van der Waals surface area (Å²) in [4.78, 5) is 0. The van der Waals surface area contributed by atoms with Crippen LogP contribution in [0.4, 0.5) is 0 Å². The molecule has 18 heavy (non-hydrogen) atoms. The molecule has 0 spiro atoms. The third-order valence-corrected chi connectivity index (χ3v) is 10.1. The van der Waals surface area contributed by atoms with Gasteiger partial charge in [0.15, 0.2) is 0 Å². The van der Waals surface area contributed by atoms with Crippen molar-refractivity contribution in [1.82, 2.24) is 0 Å². The van der Waals surface area contributed by atoms with Crippen molar-refractivity contribution in [2.45, 2.75) is 30.6 Å². The second-order valence-electron chi connectivity index (χ2n) is 6.19. The maximum atomic E-state index is 2.52. The fraction of sp³-hybridized carbons (Fsp3) is 0.294. The van der Waals surface area contributed by atoms with Gasteiger partial charge in [-0.1, -0.05) is 80.7 Å². The van der Waals surface area contributed by atoms with Gasteiger partial charge < -0.3 is 0 Å². The Kier molecular flexibility index (Phi) is 2.49. The molecular formula is C17H20Si. The van der Waals surface area contributed by atoms with Crippen LogP contribution in [0, 0.1) is 0 Å². The topological polar surface area (TPSA) is 0 Å². The van der Waals surface area contributed by atoms with Gasteiger partial charge in [0, 0.05) is 0 Å². The minimum atomic E-state index is -1.47. The minimum absolute atomic E-state index is 0.277. The van der Waals surface area contributed by atoms with Crippen molar-refractivity contribution in [3.05, 3.63) is 65.8 Å². The zero-order chi connectivity index (χ0) is 12.8. The zero-order valence-electron chi connectivity index (χ0n) is 11.4. The highest BCUT2D eigenvalue weighted by molar-refractivity contribution is 6.83. The summed E-state index contributed by atoms with van der Waals surface area (Å²) in [5, 5.41) is 0.277. The van der Waals surface area contributed by atoms with Crippen LogP contribution in [-0.2, 0) is 0 Å². The van der Waals surface area contributed by atoms with E-state index >= 15 is 0 Å². The first kappa shape index (κ1) is 11.7. The number of fused-ring (bicyclic) bond motifs is 1. The largest absolute Gasteiger partial charge is 0.0791 e. The standard InChI is InChI=1S/C17H20Si/c1-17(12-6-7-13-17)18(2,3)16-11-10-14-8-4-5-9-15(14)16/h4-13,16H,1-3H3. The highest BCUT2D eigenvalue weighted by atomic mass is 28.3. The maximum absolute atomic E-state index is 2.52. The predicted molar refractivity (Wildman–Crippen MR) is 82.3 cm³/mol. The van der Waals surface area contributed by atoms with E-state index in [-0.39, 0.29) is 5.04 Å². The van der Waals surface area contributed by atoms with Gasteiger partial charge in [-0.15, -0.1) is 0 Å². The number of hydrogen-bond acceptors (Lipinski definition) is 0. The molecule has 1 heteroatoms. The maximum Gasteiger partial charge on any atom is 0.0741 e. The third-order valence-electron chi connectivity index (χ3n) is 4.96. The van der Waals surface area contributed by atoms with E-state index in [2.05, 4.69) is 80.7 Å². The lowest BCUT2D eigenvalue weighted by Gasteiger charge is -2.42. The minimum Gasteiger partial charge on any atom is -0.0791 e. The summed E-state index contributed by atoms with van der Waals surface area (Å²) in [6.45, 7) is 7.43. The Labute approximate surface area is 111 Å². The Morgan fingerprint density at radius 1 is 1.06 bits per heavy atom. The third kappa shape index (κ3) is 1.50. The SMILES string of the molecule is CC1([Si](C)(C)C2C=Cc3ccccc32)C=CC=C1. The molecule has 0 N–H and O–H groups in total. The molecule has 92 valence electrons. The van der Waals surface area contributed by atoms with E-state index in [1.54, 1.807) is 0 Å². The van der Waals surface area contributed by atoms with Crippen LogP contribution in [0.2, 0.25) is 18.1 Å². The van der Waals surface area contributed by atoms with Crippen LogP contribution >= 0.6 is 0 Å². The number of hydrogen-bond donors (Lipinski definition) is 0. The summed E-state index contributed by atoms with van der Waals surface area (Å²) in [7, 11) is -1.47. The average molecular weight is 252 g/mol. The van der Waals surface area contributed by atoms with Crippen LogP contribution < -0.4 is 0 Å². The summed E-state index contributed by atoms with van der Waals surface area (Å²) in [6.07, 6.45) is 13.9. The van der Waals surface area contributed by atoms with Crippen molar-refractivity contribution in [1.29, 1.82) is 0 Å². The molecule has 1 unspecified atom stereocenters. The summed E-state index contributed by atoms with van der Waals surface area (Å²) in [5.74, 6) is 0. The molecule has 0 amide bonds. The van der Waals surface area contributed by atoms with Crippen molar-refractivity contribution < 1.29 is 0 Å². The number of rotatable bonds is 2. The fourth-order valence-electron chi connectivity index (χ4n) is 3.21. The molecule has 0 bridgehead atoms. The van der Waals surface area contributed by atoms with E-state index in [0.29, 0.717) is 5.54 Å². The molecule has 0 aliphatic heterocycles. The molecule has 0 heterocycles. The van der Waals surface area contributed by atoms with Crippen molar-refractivity contribution in [2.24, 2.45) is 0 Å². The quantitative estimate of drug-likeness (QED) is 0.655. The second kappa shape index (κ2) is 3.82. The van der Waals surface area contributed by atoms with Gasteiger partial charge in [-0.2, -0.15) is 0 Å². The summed E-state index contributed by atoms with van der Waals surface area (Å²) < 4.78 is 0. The smallest absolute Gasteiger partial charge is 0.0741 e. The van der Waals surface area contributed by atoms with E-state index in [9.17, 15) is 0 Å². The van der Waals surface area contributed by atoms with Crippen molar-refractivity contribution in [3.63, 3.8) is 0 Å². The lowest BCUT2D eigenvalue weighted by molar-refractivity contribution is 0.883. The van der Waals surface area contributed by atoms with E-state index in [4.69, 9.17) is 0 Å². The highest BCUT2D eigenvalue weighted by Crippen LogP contribution is 2.52. The molecule has 2 aliphatic rings. The van der Waals surface area contributed by atoms with Crippen LogP contribution in [0.3, 0.4) is 0 Å². The monoisotopic (exact) mass is 252 g/mol. The Morgan fingerprint density at radius 2 is 1.72 bits per heavy atom. The van der Waals surface area contributed by atoms with Crippen molar-refractivity contribution >= 4 is 14.1 Å². The molecule has 2 aliphatic carbocycles. The van der Waals surface area contributed by atoms with Crippen molar-refractivity contribution in [2.75, 3.05) is 0 Å². The van der Waals surface area contributed by atoms with Crippen LogP contribution in [0.25, 0.3) is 6.08 Å². The average Bonchev–Trinajstić information content (AvgIpc) is 2.96. The van der Waals surface area contributed by atoms with Gasteiger partial charge in [0.2, 0.25) is 0 Å². The van der Waals surface area contributed by atoms with Gasteiger partial charge >= 0.3 is 0 Å². The molecule has 0 nitrogen and oxygen atoms in total. The Balaban J connectivity index is 2.04. The lowest BCUT2D eigenvalue weighted by atomic mass is 10.1. The Bertz CT molecular complexity index is 549. The molecule has 0 radical (unpaired) electrons. The predicted octanol–water partition coefficient (Wildman–Crippen LogP) is 4.93. The normalized spacial score (nSPS) is 23.6. The lowest BCUT2D eigenvalue weighted by Crippen LogP contribution is -2.43. The fourth-order valence-corrected chi connectivity index (χ4v) is 6.55. The Morgan fingerprint density at radius 3 is 2.44 bits per heavy atom. The van der Waals surface area contributed by atoms with Gasteiger partial charge in [0.1, 0.15) is 0 Å². The van der Waals surface area contributed by atoms with Gasteiger partial charge in [-0.05, 0) is 21.7 Å². The molecule has 1 aromatic rings. The van der Waals surface area contributed by atoms with E-state index in [1.165, 1.54) is 11.1 Å². The highest BCUT2D eigenvalue weighted by Gasteiger charge is 2.46. The summed E-state index contributed by atoms with van der Waals surface area (Å²) >= 11 is 0. The van der Waals surface area contributed by atoms with Crippen LogP contribution in [-0.4, -0.2) is 8.07 Å². The van der Waals surface area contributed by atoms with E-state index in [0.717, 1.165) is 0 Å². The molecule has 0 saturated carbocycles. The van der Waals surface area contributed by atoms with Gasteiger partial charge in [-0.25, -0.2) is 0 Å². The number of allylic oxidation sites excluding steroid dienone is 5. The van der Waals surface area contributed by atoms with Crippen molar-refractivity contribution in [3.8, 4) is 0 Å². The summed E-state index contributed by atoms with van der Waals surface area (Å²) in [5.41, 5.74) is 3.58. The van der Waals surface area contributed by atoms with Crippen LogP contribution in [0.1, 0.15) is 23.6 Å². The molecule has 0 aromatic heterocycles. The first-order valence-corrected chi connectivity index (χ1v) is 9.76. The van der Waals surface area contributed by atoms with Crippen LogP contribution in [0.5, 0.6) is 0 Å². The van der Waals surface area contributed by atoms with Crippen LogP contribution in [0.15, 0.2) is 54.6 Å². The Hall–Kier alpha value is -1.34. The van der Waals surface area contributed by atoms with Gasteiger partial charge in [-0.3, -0.25) is 0 Å². The molecular weight excluding hydrogens is 232 g/mol. The molecule has 0 fully saturated rings. The van der Waals surface area contributed by atoms with E-state index < -0.39 is 8.07 Å². The second-order valence-corrected chi connectivity index (χ2v) is 11.3.